The Morgan fingerprint density at radius 3 is 2.56 bits per heavy atom. The van der Waals surface area contributed by atoms with Gasteiger partial charge in [-0.15, -0.1) is 0 Å². The number of hydrogen-bond donors (Lipinski definition) is 1. The van der Waals surface area contributed by atoms with Crippen molar-refractivity contribution in [1.82, 2.24) is 14.7 Å². The average molecular weight is 265 g/mol. The molecule has 0 saturated heterocycles. The summed E-state index contributed by atoms with van der Waals surface area (Å²) in [6, 6.07) is 7.67. The maximum atomic E-state index is 6.21. The smallest absolute Gasteiger partial charge is 0.0869 e. The number of nitrogens with two attached hydrogens (primary N) is 1. The van der Waals surface area contributed by atoms with Gasteiger partial charge in [-0.05, 0) is 26.2 Å². The lowest BCUT2D eigenvalue weighted by atomic mass is 10.1. The molecule has 1 aromatic carbocycles. The van der Waals surface area contributed by atoms with E-state index in [4.69, 9.17) is 17.3 Å². The number of nitrogen functional groups attached to an aromatic ring is 1. The Kier molecular flexibility index (Phi) is 3.89. The van der Waals surface area contributed by atoms with Gasteiger partial charge in [0.15, 0.2) is 0 Å². The van der Waals surface area contributed by atoms with Gasteiger partial charge in [0.1, 0.15) is 0 Å². The molecule has 0 aliphatic heterocycles. The molecule has 1 aromatic heterocycles. The van der Waals surface area contributed by atoms with Crippen LogP contribution in [0.1, 0.15) is 0 Å². The number of benzene rings is 1. The van der Waals surface area contributed by atoms with Crippen molar-refractivity contribution in [1.29, 1.82) is 0 Å². The van der Waals surface area contributed by atoms with E-state index in [0.717, 1.165) is 30.0 Å². The topological polar surface area (TPSA) is 47.1 Å². The number of aromatic nitrogens is 2. The number of hydrogen-bond acceptors (Lipinski definition) is 3. The molecule has 0 bridgehead atoms. The van der Waals surface area contributed by atoms with Crippen molar-refractivity contribution in [2.45, 2.75) is 6.54 Å². The van der Waals surface area contributed by atoms with Crippen LogP contribution in [-0.4, -0.2) is 35.3 Å². The summed E-state index contributed by atoms with van der Waals surface area (Å²) in [6.45, 7) is 1.72. The molecule has 0 fully saturated rings. The fourth-order valence-corrected chi connectivity index (χ4v) is 2.01. The lowest BCUT2D eigenvalue weighted by Gasteiger charge is -2.12. The molecule has 5 heteroatoms. The highest BCUT2D eigenvalue weighted by Gasteiger charge is 2.11. The van der Waals surface area contributed by atoms with Crippen LogP contribution >= 0.6 is 11.6 Å². The molecule has 0 atom stereocenters. The van der Waals surface area contributed by atoms with Gasteiger partial charge in [-0.3, -0.25) is 4.68 Å². The Hall–Kier alpha value is -1.52. The monoisotopic (exact) mass is 264 g/mol. The molecule has 0 amide bonds. The molecule has 96 valence electrons. The standard InChI is InChI=1S/C13H17ClN4/c1-17(2)7-8-18-13(12(14)9-16-18)10-3-5-11(15)6-4-10/h3-6,9H,7-8,15H2,1-2H3. The molecule has 0 aliphatic carbocycles. The van der Waals surface area contributed by atoms with E-state index in [1.807, 2.05) is 43.0 Å². The van der Waals surface area contributed by atoms with Crippen molar-refractivity contribution in [3.05, 3.63) is 35.5 Å². The van der Waals surface area contributed by atoms with E-state index in [9.17, 15) is 0 Å². The second kappa shape index (κ2) is 5.42. The van der Waals surface area contributed by atoms with Crippen LogP contribution in [0, 0.1) is 0 Å². The van der Waals surface area contributed by atoms with E-state index in [2.05, 4.69) is 10.00 Å². The number of nitrogens with zero attached hydrogens (tertiary/aromatic N) is 3. The number of halogens is 1. The molecule has 0 unspecified atom stereocenters. The Labute approximate surface area is 112 Å². The summed E-state index contributed by atoms with van der Waals surface area (Å²) >= 11 is 6.21. The first-order valence-corrected chi connectivity index (χ1v) is 6.17. The van der Waals surface area contributed by atoms with Crippen molar-refractivity contribution in [2.75, 3.05) is 26.4 Å². The Bertz CT molecular complexity index is 516. The van der Waals surface area contributed by atoms with Crippen molar-refractivity contribution in [3.63, 3.8) is 0 Å². The Morgan fingerprint density at radius 2 is 1.94 bits per heavy atom. The second-order valence-corrected chi connectivity index (χ2v) is 4.90. The van der Waals surface area contributed by atoms with E-state index in [0.29, 0.717) is 5.02 Å². The summed E-state index contributed by atoms with van der Waals surface area (Å²) in [5.41, 5.74) is 8.41. The second-order valence-electron chi connectivity index (χ2n) is 4.49. The van der Waals surface area contributed by atoms with Gasteiger partial charge in [-0.1, -0.05) is 23.7 Å². The maximum absolute atomic E-state index is 6.21. The van der Waals surface area contributed by atoms with Gasteiger partial charge in [0.25, 0.3) is 0 Å². The fourth-order valence-electron chi connectivity index (χ4n) is 1.75. The predicted octanol–water partition coefficient (Wildman–Crippen LogP) is 2.35. The first-order chi connectivity index (χ1) is 8.58. The van der Waals surface area contributed by atoms with Crippen LogP contribution in [0.4, 0.5) is 5.69 Å². The van der Waals surface area contributed by atoms with E-state index in [1.165, 1.54) is 0 Å². The van der Waals surface area contributed by atoms with Gasteiger partial charge >= 0.3 is 0 Å². The lowest BCUT2D eigenvalue weighted by molar-refractivity contribution is 0.374. The summed E-state index contributed by atoms with van der Waals surface area (Å²) in [4.78, 5) is 2.11. The minimum Gasteiger partial charge on any atom is -0.399 e. The Balaban J connectivity index is 2.31. The molecule has 4 nitrogen and oxygen atoms in total. The van der Waals surface area contributed by atoms with Gasteiger partial charge in [-0.2, -0.15) is 5.10 Å². The van der Waals surface area contributed by atoms with Gasteiger partial charge in [0, 0.05) is 17.8 Å². The van der Waals surface area contributed by atoms with Gasteiger partial charge in [0.05, 0.1) is 23.5 Å². The van der Waals surface area contributed by atoms with E-state index in [1.54, 1.807) is 6.20 Å². The van der Waals surface area contributed by atoms with Crippen LogP contribution < -0.4 is 5.73 Å². The molecular weight excluding hydrogens is 248 g/mol. The highest BCUT2D eigenvalue weighted by Crippen LogP contribution is 2.28. The largest absolute Gasteiger partial charge is 0.399 e. The van der Waals surface area contributed by atoms with Crippen molar-refractivity contribution in [2.24, 2.45) is 0 Å². The molecule has 0 radical (unpaired) electrons. The SMILES string of the molecule is CN(C)CCn1ncc(Cl)c1-c1ccc(N)cc1. The summed E-state index contributed by atoms with van der Waals surface area (Å²) in [5, 5.41) is 4.98. The van der Waals surface area contributed by atoms with Crippen molar-refractivity contribution >= 4 is 17.3 Å². The third-order valence-corrected chi connectivity index (χ3v) is 3.01. The molecule has 2 aromatic rings. The van der Waals surface area contributed by atoms with Crippen molar-refractivity contribution < 1.29 is 0 Å². The first kappa shape index (κ1) is 12.9. The van der Waals surface area contributed by atoms with Crippen LogP contribution in [0.3, 0.4) is 0 Å². The van der Waals surface area contributed by atoms with Gasteiger partial charge in [-0.25, -0.2) is 0 Å². The molecule has 2 N–H and O–H groups in total. The third kappa shape index (κ3) is 2.83. The van der Waals surface area contributed by atoms with Gasteiger partial charge < -0.3 is 10.6 Å². The molecule has 1 heterocycles. The lowest BCUT2D eigenvalue weighted by Crippen LogP contribution is -2.19. The average Bonchev–Trinajstić information content (AvgIpc) is 2.69. The van der Waals surface area contributed by atoms with Crippen molar-refractivity contribution in [3.8, 4) is 11.3 Å². The number of rotatable bonds is 4. The van der Waals surface area contributed by atoms with Crippen LogP contribution in [0.15, 0.2) is 30.5 Å². The normalized spacial score (nSPS) is 11.1. The zero-order valence-electron chi connectivity index (χ0n) is 10.6. The number of likely N-dealkylation sites (N-methyl/N-ethyl adjacent to an activating group) is 1. The third-order valence-electron chi connectivity index (χ3n) is 2.74. The first-order valence-electron chi connectivity index (χ1n) is 5.80. The minimum absolute atomic E-state index is 0.665. The van der Waals surface area contributed by atoms with Crippen LogP contribution in [0.25, 0.3) is 11.3 Å². The summed E-state index contributed by atoms with van der Waals surface area (Å²) < 4.78 is 1.92. The highest BCUT2D eigenvalue weighted by atomic mass is 35.5. The summed E-state index contributed by atoms with van der Waals surface area (Å²) in [7, 11) is 4.07. The van der Waals surface area contributed by atoms with Gasteiger partial charge in [0.2, 0.25) is 0 Å². The van der Waals surface area contributed by atoms with E-state index >= 15 is 0 Å². The van der Waals surface area contributed by atoms with Crippen LogP contribution in [0.5, 0.6) is 0 Å². The molecular formula is C13H17ClN4. The predicted molar refractivity (Wildman–Crippen MR) is 75.6 cm³/mol. The Morgan fingerprint density at radius 1 is 1.28 bits per heavy atom. The maximum Gasteiger partial charge on any atom is 0.0869 e. The molecule has 0 spiro atoms. The van der Waals surface area contributed by atoms with E-state index in [-0.39, 0.29) is 0 Å². The van der Waals surface area contributed by atoms with Crippen LogP contribution in [-0.2, 0) is 6.54 Å². The quantitative estimate of drug-likeness (QED) is 0.863. The van der Waals surface area contributed by atoms with Crippen LogP contribution in [0.2, 0.25) is 5.02 Å². The number of anilines is 1. The minimum atomic E-state index is 0.665. The van der Waals surface area contributed by atoms with E-state index < -0.39 is 0 Å². The summed E-state index contributed by atoms with van der Waals surface area (Å²) in [6.07, 6.45) is 1.68. The highest BCUT2D eigenvalue weighted by molar-refractivity contribution is 6.33. The fraction of sp³-hybridized carbons (Fsp3) is 0.308. The zero-order chi connectivity index (χ0) is 13.1. The molecule has 0 saturated carbocycles. The molecule has 2 rings (SSSR count). The summed E-state index contributed by atoms with van der Waals surface area (Å²) in [5.74, 6) is 0. The molecule has 18 heavy (non-hydrogen) atoms. The zero-order valence-corrected chi connectivity index (χ0v) is 11.4. The molecule has 0 aliphatic rings.